The number of rotatable bonds is 1. The molecule has 1 aliphatic carbocycles. The Morgan fingerprint density at radius 2 is 2.17 bits per heavy atom. The van der Waals surface area contributed by atoms with Gasteiger partial charge in [-0.2, -0.15) is 0 Å². The molecule has 2 heteroatoms. The standard InChI is InChI=1S/C10H16O2/c1-7-5-4-6-10(2,3)8(7)9(11)12/h4-5,7-8H,6H2,1-3H3,(H,11,12)/t7-,8+/m1/s1. The van der Waals surface area contributed by atoms with Gasteiger partial charge < -0.3 is 5.11 Å². The van der Waals surface area contributed by atoms with Crippen molar-refractivity contribution in [2.75, 3.05) is 0 Å². The first-order valence-electron chi connectivity index (χ1n) is 4.34. The second-order valence-corrected chi connectivity index (χ2v) is 4.30. The number of carboxylic acids is 1. The van der Waals surface area contributed by atoms with Gasteiger partial charge in [0.2, 0.25) is 0 Å². The lowest BCUT2D eigenvalue weighted by Crippen LogP contribution is -2.37. The fourth-order valence-electron chi connectivity index (χ4n) is 2.10. The lowest BCUT2D eigenvalue weighted by molar-refractivity contribution is -0.147. The second kappa shape index (κ2) is 2.92. The zero-order valence-corrected chi connectivity index (χ0v) is 7.87. The van der Waals surface area contributed by atoms with Crippen molar-refractivity contribution in [1.29, 1.82) is 0 Å². The number of carbonyl (C=O) groups is 1. The van der Waals surface area contributed by atoms with Crippen molar-refractivity contribution >= 4 is 5.97 Å². The predicted octanol–water partition coefficient (Wildman–Crippen LogP) is 2.31. The highest BCUT2D eigenvalue weighted by atomic mass is 16.4. The molecule has 0 aromatic carbocycles. The summed E-state index contributed by atoms with van der Waals surface area (Å²) in [5.74, 6) is -0.745. The van der Waals surface area contributed by atoms with Crippen LogP contribution < -0.4 is 0 Å². The Labute approximate surface area is 73.3 Å². The van der Waals surface area contributed by atoms with Crippen LogP contribution in [0.4, 0.5) is 0 Å². The molecule has 0 aromatic heterocycles. The van der Waals surface area contributed by atoms with Gasteiger partial charge in [-0.3, -0.25) is 4.79 Å². The first-order valence-corrected chi connectivity index (χ1v) is 4.34. The second-order valence-electron chi connectivity index (χ2n) is 4.30. The predicted molar refractivity (Wildman–Crippen MR) is 47.8 cm³/mol. The molecule has 0 saturated carbocycles. The van der Waals surface area contributed by atoms with Crippen LogP contribution in [0.25, 0.3) is 0 Å². The SMILES string of the molecule is C[C@@H]1C=CCC(C)(C)[C@@H]1C(=O)O. The highest BCUT2D eigenvalue weighted by Crippen LogP contribution is 2.40. The molecule has 0 radical (unpaired) electrons. The Morgan fingerprint density at radius 3 is 2.50 bits per heavy atom. The highest BCUT2D eigenvalue weighted by molar-refractivity contribution is 5.72. The van der Waals surface area contributed by atoms with Crippen LogP contribution in [0.1, 0.15) is 27.2 Å². The third-order valence-electron chi connectivity index (χ3n) is 2.72. The minimum absolute atomic E-state index is 0.0972. The zero-order valence-electron chi connectivity index (χ0n) is 7.87. The highest BCUT2D eigenvalue weighted by Gasteiger charge is 2.39. The number of aliphatic carboxylic acids is 1. The van der Waals surface area contributed by atoms with Crippen molar-refractivity contribution < 1.29 is 9.90 Å². The number of hydrogen-bond acceptors (Lipinski definition) is 1. The van der Waals surface area contributed by atoms with Crippen LogP contribution in [0.15, 0.2) is 12.2 Å². The Balaban J connectivity index is 2.92. The van der Waals surface area contributed by atoms with Crippen LogP contribution in [0.3, 0.4) is 0 Å². The van der Waals surface area contributed by atoms with Gasteiger partial charge in [-0.05, 0) is 17.8 Å². The van der Waals surface area contributed by atoms with E-state index in [0.717, 1.165) is 6.42 Å². The molecular formula is C10H16O2. The molecule has 0 aliphatic heterocycles. The van der Waals surface area contributed by atoms with Gasteiger partial charge >= 0.3 is 5.97 Å². The van der Waals surface area contributed by atoms with Crippen molar-refractivity contribution in [3.8, 4) is 0 Å². The maximum atomic E-state index is 10.9. The van der Waals surface area contributed by atoms with E-state index in [-0.39, 0.29) is 17.3 Å². The smallest absolute Gasteiger partial charge is 0.307 e. The van der Waals surface area contributed by atoms with E-state index in [4.69, 9.17) is 5.11 Å². The normalized spacial score (nSPS) is 33.2. The average molecular weight is 168 g/mol. The molecule has 0 amide bonds. The molecule has 1 N–H and O–H groups in total. The fourth-order valence-corrected chi connectivity index (χ4v) is 2.10. The summed E-state index contributed by atoms with van der Waals surface area (Å²) in [6.07, 6.45) is 4.96. The average Bonchev–Trinajstić information content (AvgIpc) is 1.82. The molecule has 12 heavy (non-hydrogen) atoms. The number of allylic oxidation sites excluding steroid dienone is 2. The molecule has 0 heterocycles. The monoisotopic (exact) mass is 168 g/mol. The van der Waals surface area contributed by atoms with E-state index in [1.165, 1.54) is 0 Å². The van der Waals surface area contributed by atoms with Crippen LogP contribution in [-0.4, -0.2) is 11.1 Å². The van der Waals surface area contributed by atoms with Crippen LogP contribution in [0.2, 0.25) is 0 Å². The van der Waals surface area contributed by atoms with E-state index in [1.807, 2.05) is 26.8 Å². The van der Waals surface area contributed by atoms with E-state index in [9.17, 15) is 4.79 Å². The van der Waals surface area contributed by atoms with E-state index in [0.29, 0.717) is 0 Å². The first-order chi connectivity index (χ1) is 5.45. The minimum Gasteiger partial charge on any atom is -0.481 e. The van der Waals surface area contributed by atoms with Crippen molar-refractivity contribution in [2.24, 2.45) is 17.3 Å². The maximum absolute atomic E-state index is 10.9. The molecule has 1 rings (SSSR count). The van der Waals surface area contributed by atoms with E-state index >= 15 is 0 Å². The van der Waals surface area contributed by atoms with Gasteiger partial charge in [0.25, 0.3) is 0 Å². The van der Waals surface area contributed by atoms with Crippen LogP contribution in [0.5, 0.6) is 0 Å². The van der Waals surface area contributed by atoms with E-state index in [2.05, 4.69) is 6.08 Å². The number of hydrogen-bond donors (Lipinski definition) is 1. The van der Waals surface area contributed by atoms with Gasteiger partial charge in [0.15, 0.2) is 0 Å². The van der Waals surface area contributed by atoms with Crippen molar-refractivity contribution in [3.05, 3.63) is 12.2 Å². The molecule has 1 aliphatic rings. The molecule has 0 saturated heterocycles. The van der Waals surface area contributed by atoms with Gasteiger partial charge in [-0.25, -0.2) is 0 Å². The Morgan fingerprint density at radius 1 is 1.58 bits per heavy atom. The van der Waals surface area contributed by atoms with Crippen molar-refractivity contribution in [1.82, 2.24) is 0 Å². The third-order valence-corrected chi connectivity index (χ3v) is 2.72. The molecule has 0 fully saturated rings. The quantitative estimate of drug-likeness (QED) is 0.610. The van der Waals surface area contributed by atoms with Gasteiger partial charge in [0.05, 0.1) is 5.92 Å². The molecule has 0 spiro atoms. The summed E-state index contributed by atoms with van der Waals surface area (Å²) in [6.45, 7) is 6.01. The van der Waals surface area contributed by atoms with Gasteiger partial charge in [-0.15, -0.1) is 0 Å². The summed E-state index contributed by atoms with van der Waals surface area (Å²) in [7, 11) is 0. The van der Waals surface area contributed by atoms with Crippen LogP contribution in [-0.2, 0) is 4.79 Å². The summed E-state index contributed by atoms with van der Waals surface area (Å²) in [6, 6.07) is 0. The summed E-state index contributed by atoms with van der Waals surface area (Å²) in [5.41, 5.74) is -0.0972. The first kappa shape index (κ1) is 9.30. The fraction of sp³-hybridized carbons (Fsp3) is 0.700. The molecule has 0 unspecified atom stereocenters. The molecule has 2 nitrogen and oxygen atoms in total. The molecule has 0 aromatic rings. The van der Waals surface area contributed by atoms with Crippen LogP contribution >= 0.6 is 0 Å². The van der Waals surface area contributed by atoms with Crippen LogP contribution in [0, 0.1) is 17.3 Å². The molecular weight excluding hydrogens is 152 g/mol. The third kappa shape index (κ3) is 1.52. The van der Waals surface area contributed by atoms with Crippen molar-refractivity contribution in [3.63, 3.8) is 0 Å². The Hall–Kier alpha value is -0.790. The van der Waals surface area contributed by atoms with Gasteiger partial charge in [0.1, 0.15) is 0 Å². The number of carboxylic acid groups (broad SMARTS) is 1. The largest absolute Gasteiger partial charge is 0.481 e. The van der Waals surface area contributed by atoms with Gasteiger partial charge in [-0.1, -0.05) is 32.9 Å². The topological polar surface area (TPSA) is 37.3 Å². The Bertz CT molecular complexity index is 216. The lowest BCUT2D eigenvalue weighted by atomic mass is 9.67. The Kier molecular flexibility index (Phi) is 2.27. The summed E-state index contributed by atoms with van der Waals surface area (Å²) < 4.78 is 0. The summed E-state index contributed by atoms with van der Waals surface area (Å²) in [4.78, 5) is 10.9. The zero-order chi connectivity index (χ0) is 9.35. The molecule has 2 atom stereocenters. The molecule has 68 valence electrons. The minimum atomic E-state index is -0.670. The van der Waals surface area contributed by atoms with E-state index in [1.54, 1.807) is 0 Å². The van der Waals surface area contributed by atoms with Crippen molar-refractivity contribution in [2.45, 2.75) is 27.2 Å². The van der Waals surface area contributed by atoms with E-state index < -0.39 is 5.97 Å². The lowest BCUT2D eigenvalue weighted by Gasteiger charge is -2.36. The summed E-state index contributed by atoms with van der Waals surface area (Å²) in [5, 5.41) is 9.01. The summed E-state index contributed by atoms with van der Waals surface area (Å²) >= 11 is 0. The molecule has 0 bridgehead atoms. The maximum Gasteiger partial charge on any atom is 0.307 e. The van der Waals surface area contributed by atoms with Gasteiger partial charge in [0, 0.05) is 0 Å².